The van der Waals surface area contributed by atoms with Crippen LogP contribution in [0.1, 0.15) is 49.9 Å². The number of hydrogen-bond acceptors (Lipinski definition) is 6. The van der Waals surface area contributed by atoms with Crippen molar-refractivity contribution in [2.75, 3.05) is 26.9 Å². The van der Waals surface area contributed by atoms with Crippen molar-refractivity contribution in [2.45, 2.75) is 57.7 Å². The molecule has 12 heteroatoms. The summed E-state index contributed by atoms with van der Waals surface area (Å²) in [5.74, 6) is -2.32. The summed E-state index contributed by atoms with van der Waals surface area (Å²) in [6.07, 6.45) is 1.47. The molecule has 1 saturated heterocycles. The van der Waals surface area contributed by atoms with Gasteiger partial charge in [0.15, 0.2) is 11.7 Å². The van der Waals surface area contributed by atoms with Gasteiger partial charge in [0.25, 0.3) is 5.91 Å². The van der Waals surface area contributed by atoms with Crippen molar-refractivity contribution in [3.8, 4) is 5.75 Å². The highest BCUT2D eigenvalue weighted by atomic mass is 19.1. The number of likely N-dealkylation sites (tertiary alicyclic amines) is 1. The highest BCUT2D eigenvalue weighted by Gasteiger charge is 2.39. The second-order valence-corrected chi connectivity index (χ2v) is 9.23. The molecule has 204 valence electrons. The molecule has 1 fully saturated rings. The van der Waals surface area contributed by atoms with Gasteiger partial charge in [-0.05, 0) is 43.7 Å². The third kappa shape index (κ3) is 8.16. The van der Waals surface area contributed by atoms with Crippen LogP contribution in [0.15, 0.2) is 24.3 Å². The number of guanidine groups is 1. The molecule has 1 heterocycles. The third-order valence-electron chi connectivity index (χ3n) is 6.23. The summed E-state index contributed by atoms with van der Waals surface area (Å²) in [6, 6.07) is 3.86. The summed E-state index contributed by atoms with van der Waals surface area (Å²) in [4.78, 5) is 53.1. The van der Waals surface area contributed by atoms with Gasteiger partial charge >= 0.3 is 0 Å². The Morgan fingerprint density at radius 1 is 1.22 bits per heavy atom. The summed E-state index contributed by atoms with van der Waals surface area (Å²) in [5.41, 5.74) is 5.51. The standard InChI is InChI=1S/C25H37FN6O5/c1-15(2)21(31-22(34)16-8-4-5-11-20(16)37-3)24(36)32-13-7-10-18(32)23(35)30-17(19(33)14-26)9-6-12-29-25(27)28/h4-5,8,11,15,17-18,21H,6-7,9-10,12-14H2,1-3H3,(H,30,35)(H,31,34)(H4,27,28,29)/t17-,18-,21?/m0/s1. The summed E-state index contributed by atoms with van der Waals surface area (Å²) < 4.78 is 18.4. The number of hydrogen-bond donors (Lipinski definition) is 5. The van der Waals surface area contributed by atoms with Gasteiger partial charge in [-0.2, -0.15) is 0 Å². The first-order valence-corrected chi connectivity index (χ1v) is 12.3. The predicted molar refractivity (Wildman–Crippen MR) is 136 cm³/mol. The Labute approximate surface area is 216 Å². The van der Waals surface area contributed by atoms with E-state index in [2.05, 4.69) is 16.0 Å². The largest absolute Gasteiger partial charge is 0.496 e. The van der Waals surface area contributed by atoms with Crippen molar-refractivity contribution in [1.82, 2.24) is 20.9 Å². The minimum absolute atomic E-state index is 0.152. The Kier molecular flexibility index (Phi) is 11.3. The molecule has 1 unspecified atom stereocenters. The highest BCUT2D eigenvalue weighted by molar-refractivity contribution is 6.00. The van der Waals surface area contributed by atoms with Crippen LogP contribution < -0.4 is 26.4 Å². The first kappa shape index (κ1) is 29.5. The molecule has 3 atom stereocenters. The van der Waals surface area contributed by atoms with E-state index in [0.29, 0.717) is 31.6 Å². The lowest BCUT2D eigenvalue weighted by Gasteiger charge is -2.31. The molecule has 0 saturated carbocycles. The molecule has 1 aromatic carbocycles. The molecule has 1 aromatic rings. The van der Waals surface area contributed by atoms with Gasteiger partial charge in [0.1, 0.15) is 24.5 Å². The number of ketones is 1. The monoisotopic (exact) mass is 520 g/mol. The lowest BCUT2D eigenvalue weighted by molar-refractivity contribution is -0.141. The van der Waals surface area contributed by atoms with Crippen molar-refractivity contribution in [2.24, 2.45) is 11.7 Å². The van der Waals surface area contributed by atoms with Gasteiger partial charge in [-0.3, -0.25) is 24.6 Å². The van der Waals surface area contributed by atoms with Crippen LogP contribution in [0.5, 0.6) is 5.75 Å². The number of Topliss-reactive ketones (excluding diaryl/α,β-unsaturated/α-hetero) is 1. The van der Waals surface area contributed by atoms with Crippen LogP contribution in [-0.4, -0.2) is 79.4 Å². The molecular weight excluding hydrogens is 483 g/mol. The van der Waals surface area contributed by atoms with E-state index in [1.54, 1.807) is 38.1 Å². The average Bonchev–Trinajstić information content (AvgIpc) is 3.37. The van der Waals surface area contributed by atoms with Crippen LogP contribution in [0, 0.1) is 11.3 Å². The Morgan fingerprint density at radius 3 is 2.54 bits per heavy atom. The van der Waals surface area contributed by atoms with E-state index in [9.17, 15) is 23.6 Å². The zero-order valence-electron chi connectivity index (χ0n) is 21.5. The molecule has 0 aromatic heterocycles. The van der Waals surface area contributed by atoms with Crippen molar-refractivity contribution in [3.05, 3.63) is 29.8 Å². The number of benzene rings is 1. The zero-order valence-corrected chi connectivity index (χ0v) is 21.5. The summed E-state index contributed by atoms with van der Waals surface area (Å²) in [6.45, 7) is 2.96. The Hall–Kier alpha value is -3.70. The van der Waals surface area contributed by atoms with Gasteiger partial charge in [0, 0.05) is 13.1 Å². The number of methoxy groups -OCH3 is 1. The van der Waals surface area contributed by atoms with Gasteiger partial charge in [-0.15, -0.1) is 0 Å². The van der Waals surface area contributed by atoms with E-state index in [1.807, 2.05) is 0 Å². The number of carbonyl (C=O) groups excluding carboxylic acids is 4. The smallest absolute Gasteiger partial charge is 0.255 e. The highest BCUT2D eigenvalue weighted by Crippen LogP contribution is 2.22. The van der Waals surface area contributed by atoms with Crippen LogP contribution in [0.25, 0.3) is 0 Å². The van der Waals surface area contributed by atoms with E-state index in [4.69, 9.17) is 15.9 Å². The number of para-hydroxylation sites is 1. The van der Waals surface area contributed by atoms with E-state index >= 15 is 0 Å². The number of ether oxygens (including phenoxy) is 1. The van der Waals surface area contributed by atoms with Crippen molar-refractivity contribution >= 4 is 29.5 Å². The fourth-order valence-corrected chi connectivity index (χ4v) is 4.25. The molecule has 3 amide bonds. The number of rotatable bonds is 13. The number of halogens is 1. The van der Waals surface area contributed by atoms with Gasteiger partial charge in [-0.1, -0.05) is 26.0 Å². The van der Waals surface area contributed by atoms with E-state index in [0.717, 1.165) is 0 Å². The number of nitrogens with two attached hydrogens (primary N) is 1. The summed E-state index contributed by atoms with van der Waals surface area (Å²) >= 11 is 0. The molecule has 1 aliphatic rings. The van der Waals surface area contributed by atoms with Crippen LogP contribution >= 0.6 is 0 Å². The third-order valence-corrected chi connectivity index (χ3v) is 6.23. The Balaban J connectivity index is 2.11. The second-order valence-electron chi connectivity index (χ2n) is 9.23. The molecule has 0 spiro atoms. The number of nitrogens with one attached hydrogen (secondary N) is 4. The van der Waals surface area contributed by atoms with Crippen LogP contribution in [0.2, 0.25) is 0 Å². The number of carbonyl (C=O) groups is 4. The number of amides is 3. The average molecular weight is 521 g/mol. The molecule has 6 N–H and O–H groups in total. The maximum atomic E-state index is 13.5. The SMILES string of the molecule is COc1ccccc1C(=O)NC(C(=O)N1CCC[C@H]1C(=O)N[C@@H](CCCNC(=N)N)C(=O)CF)C(C)C. The van der Waals surface area contributed by atoms with Crippen LogP contribution in [-0.2, 0) is 14.4 Å². The topological polar surface area (TPSA) is 167 Å². The van der Waals surface area contributed by atoms with E-state index in [1.165, 1.54) is 12.0 Å². The molecule has 0 aliphatic carbocycles. The predicted octanol–water partition coefficient (Wildman–Crippen LogP) is 0.727. The van der Waals surface area contributed by atoms with Gasteiger partial charge in [0.05, 0.1) is 18.7 Å². The van der Waals surface area contributed by atoms with E-state index < -0.39 is 48.3 Å². The lowest BCUT2D eigenvalue weighted by Crippen LogP contribution is -2.56. The normalized spacial score (nSPS) is 16.6. The molecule has 0 bridgehead atoms. The quantitative estimate of drug-likeness (QED) is 0.145. The van der Waals surface area contributed by atoms with Crippen molar-refractivity contribution in [3.63, 3.8) is 0 Å². The van der Waals surface area contributed by atoms with Gasteiger partial charge < -0.3 is 31.3 Å². The first-order chi connectivity index (χ1) is 17.6. The maximum Gasteiger partial charge on any atom is 0.255 e. The van der Waals surface area contributed by atoms with E-state index in [-0.39, 0.29) is 30.4 Å². The van der Waals surface area contributed by atoms with Crippen molar-refractivity contribution < 1.29 is 28.3 Å². The molecule has 2 rings (SSSR count). The summed E-state index contributed by atoms with van der Waals surface area (Å²) in [7, 11) is 1.45. The molecular formula is C25H37FN6O5. The van der Waals surface area contributed by atoms with Gasteiger partial charge in [0.2, 0.25) is 11.8 Å². The molecule has 0 radical (unpaired) electrons. The molecule has 11 nitrogen and oxygen atoms in total. The van der Waals surface area contributed by atoms with Gasteiger partial charge in [-0.25, -0.2) is 4.39 Å². The fraction of sp³-hybridized carbons (Fsp3) is 0.560. The lowest BCUT2D eigenvalue weighted by atomic mass is 10.0. The minimum Gasteiger partial charge on any atom is -0.496 e. The number of alkyl halides is 1. The van der Waals surface area contributed by atoms with Crippen LogP contribution in [0.3, 0.4) is 0 Å². The second kappa shape index (κ2) is 14.1. The molecule has 37 heavy (non-hydrogen) atoms. The fourth-order valence-electron chi connectivity index (χ4n) is 4.25. The Bertz CT molecular complexity index is 988. The van der Waals surface area contributed by atoms with Crippen molar-refractivity contribution in [1.29, 1.82) is 5.41 Å². The zero-order chi connectivity index (χ0) is 27.5. The summed E-state index contributed by atoms with van der Waals surface area (Å²) in [5, 5.41) is 15.1. The Morgan fingerprint density at radius 2 is 1.92 bits per heavy atom. The maximum absolute atomic E-state index is 13.5. The first-order valence-electron chi connectivity index (χ1n) is 12.3. The minimum atomic E-state index is -1.23. The number of nitrogens with zero attached hydrogens (tertiary/aromatic N) is 1. The molecule has 1 aliphatic heterocycles. The van der Waals surface area contributed by atoms with Crippen LogP contribution in [0.4, 0.5) is 4.39 Å².